The highest BCUT2D eigenvalue weighted by Gasteiger charge is 2.33. The zero-order chi connectivity index (χ0) is 20.0. The van der Waals surface area contributed by atoms with Gasteiger partial charge in [0.1, 0.15) is 5.76 Å². The van der Waals surface area contributed by atoms with E-state index in [0.29, 0.717) is 5.76 Å². The molecular formula is C17H17ClF3N3O3. The Morgan fingerprint density at radius 3 is 2.52 bits per heavy atom. The molecule has 0 atom stereocenters. The van der Waals surface area contributed by atoms with Crippen molar-refractivity contribution in [2.24, 2.45) is 0 Å². The van der Waals surface area contributed by atoms with E-state index in [1.807, 2.05) is 0 Å². The predicted octanol–water partition coefficient (Wildman–Crippen LogP) is 3.14. The van der Waals surface area contributed by atoms with Gasteiger partial charge in [0.25, 0.3) is 0 Å². The van der Waals surface area contributed by atoms with Gasteiger partial charge in [-0.05, 0) is 37.4 Å². The van der Waals surface area contributed by atoms with Crippen molar-refractivity contribution in [3.63, 3.8) is 0 Å². The van der Waals surface area contributed by atoms with E-state index in [2.05, 4.69) is 10.6 Å². The van der Waals surface area contributed by atoms with Gasteiger partial charge in [0, 0.05) is 5.69 Å². The van der Waals surface area contributed by atoms with Crippen molar-refractivity contribution < 1.29 is 27.2 Å². The molecule has 1 heterocycles. The lowest BCUT2D eigenvalue weighted by molar-refractivity contribution is -0.137. The first-order valence-electron chi connectivity index (χ1n) is 7.79. The Morgan fingerprint density at radius 1 is 1.19 bits per heavy atom. The van der Waals surface area contributed by atoms with Gasteiger partial charge in [-0.2, -0.15) is 13.2 Å². The number of furan rings is 1. The summed E-state index contributed by atoms with van der Waals surface area (Å²) in [5.41, 5.74) is -1.07. The fraction of sp³-hybridized carbons (Fsp3) is 0.294. The standard InChI is InChI=1S/C17H17ClF3N3O3/c1-24(9-15(25)22-8-12-3-2-6-27-12)10-16(26)23-11-4-5-14(18)13(7-11)17(19,20)21/h2-7H,8-10H2,1H3,(H,22,25)(H,23,26). The van der Waals surface area contributed by atoms with Gasteiger partial charge >= 0.3 is 6.18 Å². The van der Waals surface area contributed by atoms with Crippen molar-refractivity contribution in [3.8, 4) is 0 Å². The van der Waals surface area contributed by atoms with Crippen LogP contribution in [0.4, 0.5) is 18.9 Å². The van der Waals surface area contributed by atoms with Gasteiger partial charge in [0.15, 0.2) is 0 Å². The Bertz CT molecular complexity index is 794. The van der Waals surface area contributed by atoms with Crippen LogP contribution in [0, 0.1) is 0 Å². The zero-order valence-corrected chi connectivity index (χ0v) is 15.0. The monoisotopic (exact) mass is 403 g/mol. The second-order valence-electron chi connectivity index (χ2n) is 5.77. The molecule has 1 aromatic carbocycles. The molecule has 27 heavy (non-hydrogen) atoms. The molecule has 2 aromatic rings. The number of halogens is 4. The number of alkyl halides is 3. The maximum atomic E-state index is 12.8. The molecule has 0 aliphatic rings. The van der Waals surface area contributed by atoms with Gasteiger partial charge in [0.05, 0.1) is 36.5 Å². The highest BCUT2D eigenvalue weighted by atomic mass is 35.5. The van der Waals surface area contributed by atoms with Crippen LogP contribution in [0.2, 0.25) is 5.02 Å². The zero-order valence-electron chi connectivity index (χ0n) is 14.3. The van der Waals surface area contributed by atoms with Crippen LogP contribution in [-0.4, -0.2) is 36.9 Å². The molecule has 146 valence electrons. The first-order chi connectivity index (χ1) is 12.6. The molecule has 2 N–H and O–H groups in total. The number of nitrogens with one attached hydrogen (secondary N) is 2. The molecule has 0 unspecified atom stereocenters. The SMILES string of the molecule is CN(CC(=O)NCc1ccco1)CC(=O)Nc1ccc(Cl)c(C(F)(F)F)c1. The highest BCUT2D eigenvalue weighted by Crippen LogP contribution is 2.36. The van der Waals surface area contributed by atoms with Crippen LogP contribution >= 0.6 is 11.6 Å². The second-order valence-corrected chi connectivity index (χ2v) is 6.18. The van der Waals surface area contributed by atoms with E-state index in [-0.39, 0.29) is 31.2 Å². The van der Waals surface area contributed by atoms with E-state index in [9.17, 15) is 22.8 Å². The summed E-state index contributed by atoms with van der Waals surface area (Å²) in [5, 5.41) is 4.52. The number of likely N-dealkylation sites (N-methyl/N-ethyl adjacent to an activating group) is 1. The second kappa shape index (κ2) is 8.92. The van der Waals surface area contributed by atoms with Gasteiger partial charge in [-0.15, -0.1) is 0 Å². The fourth-order valence-electron chi connectivity index (χ4n) is 2.22. The number of hydrogen-bond acceptors (Lipinski definition) is 4. The van der Waals surface area contributed by atoms with Crippen LogP contribution in [0.1, 0.15) is 11.3 Å². The van der Waals surface area contributed by atoms with Gasteiger partial charge < -0.3 is 15.1 Å². The summed E-state index contributed by atoms with van der Waals surface area (Å²) in [6.45, 7) is -0.0302. The van der Waals surface area contributed by atoms with E-state index >= 15 is 0 Å². The van der Waals surface area contributed by atoms with Crippen molar-refractivity contribution in [3.05, 3.63) is 52.9 Å². The number of anilines is 1. The first kappa shape index (κ1) is 20.8. The van der Waals surface area contributed by atoms with E-state index in [4.69, 9.17) is 16.0 Å². The van der Waals surface area contributed by atoms with Crippen LogP contribution in [0.15, 0.2) is 41.0 Å². The third kappa shape index (κ3) is 6.61. The van der Waals surface area contributed by atoms with E-state index in [1.165, 1.54) is 24.3 Å². The molecule has 0 saturated carbocycles. The van der Waals surface area contributed by atoms with Crippen LogP contribution in [-0.2, 0) is 22.3 Å². The Morgan fingerprint density at radius 2 is 1.89 bits per heavy atom. The van der Waals surface area contributed by atoms with Gasteiger partial charge in [-0.1, -0.05) is 11.6 Å². The Hall–Kier alpha value is -2.52. The summed E-state index contributed by atoms with van der Waals surface area (Å²) < 4.78 is 43.6. The molecule has 6 nitrogen and oxygen atoms in total. The number of amides is 2. The van der Waals surface area contributed by atoms with Crippen LogP contribution in [0.5, 0.6) is 0 Å². The lowest BCUT2D eigenvalue weighted by atomic mass is 10.2. The van der Waals surface area contributed by atoms with Crippen LogP contribution < -0.4 is 10.6 Å². The molecule has 1 aromatic heterocycles. The molecule has 10 heteroatoms. The van der Waals surface area contributed by atoms with E-state index < -0.39 is 22.7 Å². The smallest absolute Gasteiger partial charge is 0.417 e. The van der Waals surface area contributed by atoms with Crippen LogP contribution in [0.3, 0.4) is 0 Å². The summed E-state index contributed by atoms with van der Waals surface area (Å²) in [6.07, 6.45) is -3.14. The number of hydrogen-bond donors (Lipinski definition) is 2. The molecular weight excluding hydrogens is 387 g/mol. The normalized spacial score (nSPS) is 11.5. The summed E-state index contributed by atoms with van der Waals surface area (Å²) in [6, 6.07) is 6.49. The molecule has 0 fully saturated rings. The Labute approximate surface area is 158 Å². The molecule has 0 bridgehead atoms. The van der Waals surface area contributed by atoms with Crippen LogP contribution in [0.25, 0.3) is 0 Å². The molecule has 0 radical (unpaired) electrons. The molecule has 2 amide bonds. The number of carbonyl (C=O) groups excluding carboxylic acids is 2. The van der Waals surface area contributed by atoms with Gasteiger partial charge in [0.2, 0.25) is 11.8 Å². The van der Waals surface area contributed by atoms with Crippen molar-refractivity contribution in [2.45, 2.75) is 12.7 Å². The Kier molecular flexibility index (Phi) is 6.86. The van der Waals surface area contributed by atoms with Crippen molar-refractivity contribution in [1.82, 2.24) is 10.2 Å². The number of rotatable bonds is 7. The number of carbonyl (C=O) groups is 2. The summed E-state index contributed by atoms with van der Waals surface area (Å²) >= 11 is 5.53. The predicted molar refractivity (Wildman–Crippen MR) is 93.1 cm³/mol. The summed E-state index contributed by atoms with van der Waals surface area (Å²) in [7, 11) is 1.54. The quantitative estimate of drug-likeness (QED) is 0.744. The van der Waals surface area contributed by atoms with Gasteiger partial charge in [-0.3, -0.25) is 14.5 Å². The average molecular weight is 404 g/mol. The molecule has 2 rings (SSSR count). The van der Waals surface area contributed by atoms with Gasteiger partial charge in [-0.25, -0.2) is 0 Å². The minimum atomic E-state index is -4.62. The van der Waals surface area contributed by atoms with E-state index in [0.717, 1.165) is 12.1 Å². The number of benzene rings is 1. The van der Waals surface area contributed by atoms with Crippen molar-refractivity contribution >= 4 is 29.1 Å². The van der Waals surface area contributed by atoms with E-state index in [1.54, 1.807) is 12.1 Å². The largest absolute Gasteiger partial charge is 0.467 e. The van der Waals surface area contributed by atoms with Crippen molar-refractivity contribution in [2.75, 3.05) is 25.5 Å². The lowest BCUT2D eigenvalue weighted by Gasteiger charge is -2.16. The molecule has 0 aliphatic heterocycles. The third-order valence-corrected chi connectivity index (χ3v) is 3.75. The fourth-order valence-corrected chi connectivity index (χ4v) is 2.45. The van der Waals surface area contributed by atoms with Crippen molar-refractivity contribution in [1.29, 1.82) is 0 Å². The maximum absolute atomic E-state index is 12.8. The molecule has 0 saturated heterocycles. The minimum Gasteiger partial charge on any atom is -0.467 e. The molecule has 0 aliphatic carbocycles. The Balaban J connectivity index is 1.83. The first-order valence-corrected chi connectivity index (χ1v) is 8.17. The molecule has 0 spiro atoms. The summed E-state index contributed by atoms with van der Waals surface area (Å²) in [5.74, 6) is -0.300. The highest BCUT2D eigenvalue weighted by molar-refractivity contribution is 6.31. The lowest BCUT2D eigenvalue weighted by Crippen LogP contribution is -2.38. The number of nitrogens with zero attached hydrogens (tertiary/aromatic N) is 1. The topological polar surface area (TPSA) is 74.6 Å². The average Bonchev–Trinajstić information content (AvgIpc) is 3.07. The maximum Gasteiger partial charge on any atom is 0.417 e. The minimum absolute atomic E-state index is 0.0348. The summed E-state index contributed by atoms with van der Waals surface area (Å²) in [4.78, 5) is 25.2. The third-order valence-electron chi connectivity index (χ3n) is 3.42.